The van der Waals surface area contributed by atoms with E-state index in [-0.39, 0.29) is 12.6 Å². The Morgan fingerprint density at radius 1 is 1.10 bits per heavy atom. The Morgan fingerprint density at radius 2 is 1.97 bits per heavy atom. The Bertz CT molecular complexity index is 1220. The molecule has 2 aromatic heterocycles. The summed E-state index contributed by atoms with van der Waals surface area (Å²) in [5.74, 6) is 1.57. The molecule has 2 heterocycles. The van der Waals surface area contributed by atoms with E-state index in [9.17, 15) is 9.90 Å². The standard InChI is InChI=1S/C22H20N4O4/c1-14-7-16(10-19(8-14)29-2)25-22(28)26-6-5-15-9-18(3-4-20(15)26)30-21-11-17(12-27)23-13-24-21/h3-11,13,27H,12H2,1-2H3,(H,25,28). The third kappa shape index (κ3) is 4.08. The second kappa shape index (κ2) is 8.22. The van der Waals surface area contributed by atoms with Crippen LogP contribution in [0.4, 0.5) is 10.5 Å². The SMILES string of the molecule is COc1cc(C)cc(NC(=O)n2ccc3cc(Oc4cc(CO)ncn4)ccc32)c1. The van der Waals surface area contributed by atoms with Crippen LogP contribution in [0.3, 0.4) is 0 Å². The van der Waals surface area contributed by atoms with E-state index in [4.69, 9.17) is 9.47 Å². The molecule has 8 nitrogen and oxygen atoms in total. The van der Waals surface area contributed by atoms with Crippen LogP contribution in [0.15, 0.2) is 61.1 Å². The Balaban J connectivity index is 1.56. The number of aryl methyl sites for hydroxylation is 1. The van der Waals surface area contributed by atoms with E-state index in [1.807, 2.05) is 31.2 Å². The van der Waals surface area contributed by atoms with Crippen molar-refractivity contribution in [2.75, 3.05) is 12.4 Å². The number of carbonyl (C=O) groups is 1. The number of methoxy groups -OCH3 is 1. The number of benzene rings is 2. The smallest absolute Gasteiger partial charge is 0.330 e. The van der Waals surface area contributed by atoms with Crippen LogP contribution in [0.5, 0.6) is 17.4 Å². The monoisotopic (exact) mass is 404 g/mol. The van der Waals surface area contributed by atoms with Gasteiger partial charge in [0.2, 0.25) is 5.88 Å². The molecule has 0 aliphatic heterocycles. The molecule has 1 amide bonds. The Labute approximate surface area is 172 Å². The summed E-state index contributed by atoms with van der Waals surface area (Å²) in [6.07, 6.45) is 3.03. The van der Waals surface area contributed by atoms with Gasteiger partial charge < -0.3 is 19.9 Å². The van der Waals surface area contributed by atoms with Crippen LogP contribution in [-0.4, -0.2) is 32.8 Å². The summed E-state index contributed by atoms with van der Waals surface area (Å²) in [6, 6.07) is 14.0. The topological polar surface area (TPSA) is 98.5 Å². The van der Waals surface area contributed by atoms with Gasteiger partial charge in [0, 0.05) is 29.4 Å². The lowest BCUT2D eigenvalue weighted by Gasteiger charge is -2.10. The highest BCUT2D eigenvalue weighted by atomic mass is 16.5. The summed E-state index contributed by atoms with van der Waals surface area (Å²) < 4.78 is 12.5. The molecule has 30 heavy (non-hydrogen) atoms. The zero-order valence-corrected chi connectivity index (χ0v) is 16.5. The van der Waals surface area contributed by atoms with Gasteiger partial charge in [-0.2, -0.15) is 0 Å². The van der Waals surface area contributed by atoms with Gasteiger partial charge in [-0.05, 0) is 48.9 Å². The van der Waals surface area contributed by atoms with Gasteiger partial charge in [0.1, 0.15) is 17.8 Å². The number of hydrogen-bond donors (Lipinski definition) is 2. The highest BCUT2D eigenvalue weighted by Gasteiger charge is 2.11. The number of ether oxygens (including phenoxy) is 2. The first-order chi connectivity index (χ1) is 14.6. The Kier molecular flexibility index (Phi) is 5.32. The summed E-state index contributed by atoms with van der Waals surface area (Å²) in [4.78, 5) is 20.8. The zero-order valence-electron chi connectivity index (χ0n) is 16.5. The predicted octanol–water partition coefficient (Wildman–Crippen LogP) is 4.11. The molecule has 0 fully saturated rings. The van der Waals surface area contributed by atoms with Gasteiger partial charge in [0.15, 0.2) is 0 Å². The number of aromatic nitrogens is 3. The molecule has 2 aromatic carbocycles. The normalized spacial score (nSPS) is 10.8. The van der Waals surface area contributed by atoms with Crippen molar-refractivity contribution >= 4 is 22.6 Å². The fraction of sp³-hybridized carbons (Fsp3) is 0.136. The van der Waals surface area contributed by atoms with Crippen molar-refractivity contribution in [3.8, 4) is 17.4 Å². The van der Waals surface area contributed by atoms with Gasteiger partial charge in [-0.25, -0.2) is 14.8 Å². The van der Waals surface area contributed by atoms with Crippen LogP contribution < -0.4 is 14.8 Å². The quantitative estimate of drug-likeness (QED) is 0.519. The van der Waals surface area contributed by atoms with Crippen molar-refractivity contribution in [2.24, 2.45) is 0 Å². The number of nitrogens with zero attached hydrogens (tertiary/aromatic N) is 3. The fourth-order valence-electron chi connectivity index (χ4n) is 3.12. The third-order valence-corrected chi connectivity index (χ3v) is 4.50. The highest BCUT2D eigenvalue weighted by Crippen LogP contribution is 2.26. The lowest BCUT2D eigenvalue weighted by molar-refractivity contribution is 0.254. The van der Waals surface area contributed by atoms with E-state index < -0.39 is 0 Å². The minimum atomic E-state index is -0.283. The van der Waals surface area contributed by atoms with Crippen LogP contribution in [-0.2, 0) is 6.61 Å². The van der Waals surface area contributed by atoms with E-state index in [1.165, 1.54) is 10.9 Å². The number of hydrogen-bond acceptors (Lipinski definition) is 6. The van der Waals surface area contributed by atoms with E-state index in [0.29, 0.717) is 28.8 Å². The lowest BCUT2D eigenvalue weighted by atomic mass is 10.2. The molecule has 152 valence electrons. The van der Waals surface area contributed by atoms with Gasteiger partial charge in [-0.1, -0.05) is 0 Å². The number of carbonyl (C=O) groups excluding carboxylic acids is 1. The Hall–Kier alpha value is -3.91. The van der Waals surface area contributed by atoms with Crippen molar-refractivity contribution in [3.63, 3.8) is 0 Å². The molecule has 0 aliphatic rings. The van der Waals surface area contributed by atoms with Gasteiger partial charge in [0.05, 0.1) is 24.9 Å². The van der Waals surface area contributed by atoms with Crippen LogP contribution in [0, 0.1) is 6.92 Å². The molecule has 0 bridgehead atoms. The molecule has 4 rings (SSSR count). The molecule has 4 aromatic rings. The maximum atomic E-state index is 12.8. The Morgan fingerprint density at radius 3 is 2.77 bits per heavy atom. The van der Waals surface area contributed by atoms with E-state index in [1.54, 1.807) is 37.6 Å². The van der Waals surface area contributed by atoms with Gasteiger partial charge >= 0.3 is 6.03 Å². The summed E-state index contributed by atoms with van der Waals surface area (Å²) in [7, 11) is 1.59. The van der Waals surface area contributed by atoms with E-state index in [0.717, 1.165) is 16.5 Å². The van der Waals surface area contributed by atoms with Crippen molar-refractivity contribution in [2.45, 2.75) is 13.5 Å². The minimum Gasteiger partial charge on any atom is -0.497 e. The zero-order chi connectivity index (χ0) is 21.1. The molecule has 0 aliphatic carbocycles. The van der Waals surface area contributed by atoms with Gasteiger partial charge in [-0.3, -0.25) is 4.57 Å². The number of aliphatic hydroxyl groups excluding tert-OH is 1. The van der Waals surface area contributed by atoms with Crippen LogP contribution in [0.1, 0.15) is 11.3 Å². The van der Waals surface area contributed by atoms with E-state index in [2.05, 4.69) is 15.3 Å². The molecule has 0 saturated carbocycles. The number of anilines is 1. The first-order valence-corrected chi connectivity index (χ1v) is 9.23. The molecular formula is C22H20N4O4. The second-order valence-electron chi connectivity index (χ2n) is 6.68. The van der Waals surface area contributed by atoms with Gasteiger partial charge in [0.25, 0.3) is 0 Å². The summed E-state index contributed by atoms with van der Waals surface area (Å²) in [5.41, 5.74) is 2.84. The number of aliphatic hydroxyl groups is 1. The summed E-state index contributed by atoms with van der Waals surface area (Å²) in [5, 5.41) is 12.9. The number of amides is 1. The number of nitrogens with one attached hydrogen (secondary N) is 1. The second-order valence-corrected chi connectivity index (χ2v) is 6.68. The molecule has 0 spiro atoms. The number of fused-ring (bicyclic) bond motifs is 1. The molecule has 0 radical (unpaired) electrons. The molecular weight excluding hydrogens is 384 g/mol. The van der Waals surface area contributed by atoms with Crippen molar-refractivity contribution in [3.05, 3.63) is 72.3 Å². The van der Waals surface area contributed by atoms with Gasteiger partial charge in [-0.15, -0.1) is 0 Å². The maximum absolute atomic E-state index is 12.8. The maximum Gasteiger partial charge on any atom is 0.330 e. The van der Waals surface area contributed by atoms with Crippen molar-refractivity contribution < 1.29 is 19.4 Å². The van der Waals surface area contributed by atoms with Crippen molar-refractivity contribution in [1.29, 1.82) is 0 Å². The predicted molar refractivity (Wildman–Crippen MR) is 112 cm³/mol. The summed E-state index contributed by atoms with van der Waals surface area (Å²) >= 11 is 0. The number of rotatable bonds is 5. The largest absolute Gasteiger partial charge is 0.497 e. The molecule has 8 heteroatoms. The highest BCUT2D eigenvalue weighted by molar-refractivity contribution is 5.98. The fourth-order valence-corrected chi connectivity index (χ4v) is 3.12. The average molecular weight is 404 g/mol. The van der Waals surface area contributed by atoms with Crippen LogP contribution >= 0.6 is 0 Å². The molecule has 0 atom stereocenters. The summed E-state index contributed by atoms with van der Waals surface area (Å²) in [6.45, 7) is 1.74. The lowest BCUT2D eigenvalue weighted by Crippen LogP contribution is -2.18. The van der Waals surface area contributed by atoms with Crippen LogP contribution in [0.2, 0.25) is 0 Å². The molecule has 0 saturated heterocycles. The third-order valence-electron chi connectivity index (χ3n) is 4.50. The first kappa shape index (κ1) is 19.4. The average Bonchev–Trinajstić information content (AvgIpc) is 3.17. The van der Waals surface area contributed by atoms with Crippen molar-refractivity contribution in [1.82, 2.24) is 14.5 Å². The molecule has 0 unspecified atom stereocenters. The van der Waals surface area contributed by atoms with E-state index >= 15 is 0 Å². The first-order valence-electron chi connectivity index (χ1n) is 9.23. The van der Waals surface area contributed by atoms with Crippen LogP contribution in [0.25, 0.3) is 10.9 Å². The minimum absolute atomic E-state index is 0.192. The molecule has 2 N–H and O–H groups in total.